The maximum atomic E-state index is 6.02. The number of aromatic nitrogens is 4. The monoisotopic (exact) mass is 231 g/mol. The number of nitrogen functional groups attached to an aromatic ring is 1. The van der Waals surface area contributed by atoms with Gasteiger partial charge in [0, 0.05) is 6.04 Å². The normalized spacial score (nSPS) is 17.7. The van der Waals surface area contributed by atoms with E-state index in [9.17, 15) is 0 Å². The number of hydrogen-bond acceptors (Lipinski definition) is 4. The van der Waals surface area contributed by atoms with Crippen molar-refractivity contribution in [3.8, 4) is 0 Å². The van der Waals surface area contributed by atoms with Crippen molar-refractivity contribution < 1.29 is 0 Å². The van der Waals surface area contributed by atoms with Crippen LogP contribution in [0.15, 0.2) is 6.20 Å². The van der Waals surface area contributed by atoms with E-state index in [-0.39, 0.29) is 0 Å². The first-order valence-electron chi connectivity index (χ1n) is 6.23. The van der Waals surface area contributed by atoms with Gasteiger partial charge in [0.2, 0.25) is 5.95 Å². The van der Waals surface area contributed by atoms with E-state index in [1.165, 1.54) is 32.1 Å². The second-order valence-corrected chi connectivity index (χ2v) is 4.76. The average Bonchev–Trinajstić information content (AvgIpc) is 2.65. The Bertz CT molecular complexity index is 539. The fourth-order valence-electron chi connectivity index (χ4n) is 2.69. The molecule has 0 saturated heterocycles. The minimum Gasteiger partial charge on any atom is -0.369 e. The lowest BCUT2D eigenvalue weighted by atomic mass is 9.95. The number of hydrogen-bond donors (Lipinski definition) is 1. The molecule has 0 radical (unpaired) electrons. The molecule has 1 aliphatic rings. The first-order chi connectivity index (χ1) is 8.25. The predicted octanol–water partition coefficient (Wildman–Crippen LogP) is 2.22. The third-order valence-corrected chi connectivity index (χ3v) is 3.52. The molecule has 0 atom stereocenters. The summed E-state index contributed by atoms with van der Waals surface area (Å²) in [6.07, 6.45) is 7.99. The molecule has 5 heteroatoms. The Labute approximate surface area is 100 Å². The Morgan fingerprint density at radius 1 is 1.24 bits per heavy atom. The van der Waals surface area contributed by atoms with Crippen molar-refractivity contribution in [2.24, 2.45) is 0 Å². The van der Waals surface area contributed by atoms with Crippen LogP contribution in [0.25, 0.3) is 11.2 Å². The predicted molar refractivity (Wildman–Crippen MR) is 66.6 cm³/mol. The van der Waals surface area contributed by atoms with Gasteiger partial charge in [0.1, 0.15) is 11.3 Å². The molecule has 17 heavy (non-hydrogen) atoms. The topological polar surface area (TPSA) is 69.6 Å². The highest BCUT2D eigenvalue weighted by atomic mass is 15.2. The lowest BCUT2D eigenvalue weighted by Gasteiger charge is -2.24. The first kappa shape index (κ1) is 10.5. The highest BCUT2D eigenvalue weighted by Gasteiger charge is 2.21. The van der Waals surface area contributed by atoms with Crippen LogP contribution in [0.3, 0.4) is 0 Å². The lowest BCUT2D eigenvalue weighted by Crippen LogP contribution is -2.15. The zero-order valence-corrected chi connectivity index (χ0v) is 10.1. The van der Waals surface area contributed by atoms with Crippen LogP contribution in [-0.4, -0.2) is 19.5 Å². The van der Waals surface area contributed by atoms with Crippen molar-refractivity contribution in [1.29, 1.82) is 0 Å². The summed E-state index contributed by atoms with van der Waals surface area (Å²) in [6.45, 7) is 1.90. The summed E-state index contributed by atoms with van der Waals surface area (Å²) in [6, 6.07) is 0.461. The second-order valence-electron chi connectivity index (χ2n) is 4.76. The zero-order valence-electron chi connectivity index (χ0n) is 10.1. The molecule has 0 spiro atoms. The Morgan fingerprint density at radius 2 is 2.00 bits per heavy atom. The molecule has 1 saturated carbocycles. The van der Waals surface area contributed by atoms with Gasteiger partial charge in [-0.15, -0.1) is 0 Å². The van der Waals surface area contributed by atoms with Crippen LogP contribution in [-0.2, 0) is 0 Å². The van der Waals surface area contributed by atoms with Gasteiger partial charge < -0.3 is 5.73 Å². The number of anilines is 1. The largest absolute Gasteiger partial charge is 0.369 e. The Kier molecular flexibility index (Phi) is 2.46. The number of rotatable bonds is 1. The van der Waals surface area contributed by atoms with Crippen LogP contribution < -0.4 is 5.73 Å². The van der Waals surface area contributed by atoms with E-state index >= 15 is 0 Å². The fraction of sp³-hybridized carbons (Fsp3) is 0.583. The van der Waals surface area contributed by atoms with E-state index in [2.05, 4.69) is 19.5 Å². The number of imidazole rings is 1. The summed E-state index contributed by atoms with van der Waals surface area (Å²) in [5, 5.41) is 0. The van der Waals surface area contributed by atoms with Gasteiger partial charge in [0.05, 0.1) is 6.20 Å². The third kappa shape index (κ3) is 1.75. The SMILES string of the molecule is Cc1ncc2nc(N)n(C3CCCCC3)c2n1. The van der Waals surface area contributed by atoms with Gasteiger partial charge in [-0.1, -0.05) is 19.3 Å². The van der Waals surface area contributed by atoms with Crippen LogP contribution in [0.2, 0.25) is 0 Å². The van der Waals surface area contributed by atoms with Crippen molar-refractivity contribution in [2.45, 2.75) is 45.1 Å². The molecular weight excluding hydrogens is 214 g/mol. The molecule has 1 fully saturated rings. The van der Waals surface area contributed by atoms with E-state index in [1.807, 2.05) is 6.92 Å². The third-order valence-electron chi connectivity index (χ3n) is 3.52. The molecule has 0 aliphatic heterocycles. The summed E-state index contributed by atoms with van der Waals surface area (Å²) in [5.74, 6) is 1.35. The molecule has 0 amide bonds. The van der Waals surface area contributed by atoms with Crippen molar-refractivity contribution in [3.05, 3.63) is 12.0 Å². The molecule has 90 valence electrons. The molecule has 2 heterocycles. The van der Waals surface area contributed by atoms with Crippen LogP contribution in [0, 0.1) is 6.92 Å². The summed E-state index contributed by atoms with van der Waals surface area (Å²) in [4.78, 5) is 13.0. The summed E-state index contributed by atoms with van der Waals surface area (Å²) < 4.78 is 2.10. The van der Waals surface area contributed by atoms with Gasteiger partial charge in [0.15, 0.2) is 5.65 Å². The van der Waals surface area contributed by atoms with E-state index in [0.29, 0.717) is 12.0 Å². The summed E-state index contributed by atoms with van der Waals surface area (Å²) in [5.41, 5.74) is 7.71. The van der Waals surface area contributed by atoms with Crippen LogP contribution in [0.1, 0.15) is 44.0 Å². The molecule has 2 N–H and O–H groups in total. The van der Waals surface area contributed by atoms with E-state index < -0.39 is 0 Å². The lowest BCUT2D eigenvalue weighted by molar-refractivity contribution is 0.361. The molecule has 1 aliphatic carbocycles. The van der Waals surface area contributed by atoms with E-state index in [4.69, 9.17) is 5.73 Å². The smallest absolute Gasteiger partial charge is 0.202 e. The molecule has 0 unspecified atom stereocenters. The van der Waals surface area contributed by atoms with Crippen molar-refractivity contribution in [1.82, 2.24) is 19.5 Å². The molecule has 2 aromatic heterocycles. The Morgan fingerprint density at radius 3 is 2.76 bits per heavy atom. The van der Waals surface area contributed by atoms with E-state index in [1.54, 1.807) is 6.20 Å². The first-order valence-corrected chi connectivity index (χ1v) is 6.23. The van der Waals surface area contributed by atoms with Crippen LogP contribution in [0.5, 0.6) is 0 Å². The van der Waals surface area contributed by atoms with Crippen molar-refractivity contribution in [2.75, 3.05) is 5.73 Å². The summed E-state index contributed by atoms with van der Waals surface area (Å²) in [7, 11) is 0. The maximum Gasteiger partial charge on any atom is 0.202 e. The number of nitrogens with two attached hydrogens (primary N) is 1. The van der Waals surface area contributed by atoms with Gasteiger partial charge in [-0.3, -0.25) is 4.57 Å². The van der Waals surface area contributed by atoms with Crippen molar-refractivity contribution in [3.63, 3.8) is 0 Å². The minimum absolute atomic E-state index is 0.461. The van der Waals surface area contributed by atoms with E-state index in [0.717, 1.165) is 17.0 Å². The fourth-order valence-corrected chi connectivity index (χ4v) is 2.69. The van der Waals surface area contributed by atoms with Crippen molar-refractivity contribution >= 4 is 17.1 Å². The average molecular weight is 231 g/mol. The molecule has 5 nitrogen and oxygen atoms in total. The van der Waals surface area contributed by atoms with Crippen LogP contribution >= 0.6 is 0 Å². The Hall–Kier alpha value is -1.65. The molecule has 3 rings (SSSR count). The van der Waals surface area contributed by atoms with Gasteiger partial charge in [-0.2, -0.15) is 0 Å². The maximum absolute atomic E-state index is 6.02. The van der Waals surface area contributed by atoms with Gasteiger partial charge in [-0.25, -0.2) is 15.0 Å². The minimum atomic E-state index is 0.461. The zero-order chi connectivity index (χ0) is 11.8. The highest BCUT2D eigenvalue weighted by molar-refractivity contribution is 5.73. The number of nitrogens with zero attached hydrogens (tertiary/aromatic N) is 4. The summed E-state index contributed by atoms with van der Waals surface area (Å²) >= 11 is 0. The van der Waals surface area contributed by atoms with Gasteiger partial charge in [0.25, 0.3) is 0 Å². The van der Waals surface area contributed by atoms with Gasteiger partial charge >= 0.3 is 0 Å². The second kappa shape index (κ2) is 3.98. The molecule has 0 bridgehead atoms. The van der Waals surface area contributed by atoms with Gasteiger partial charge in [-0.05, 0) is 19.8 Å². The standard InChI is InChI=1S/C12H17N5/c1-8-14-7-10-11(15-8)17(12(13)16-10)9-5-3-2-4-6-9/h7,9H,2-6H2,1H3,(H2,13,16). The molecule has 0 aromatic carbocycles. The quantitative estimate of drug-likeness (QED) is 0.817. The molecule has 2 aromatic rings. The number of aryl methyl sites for hydroxylation is 1. The number of fused-ring (bicyclic) bond motifs is 1. The Balaban J connectivity index is 2.13. The molecular formula is C12H17N5. The highest BCUT2D eigenvalue weighted by Crippen LogP contribution is 2.32. The van der Waals surface area contributed by atoms with Crippen LogP contribution in [0.4, 0.5) is 5.95 Å².